The van der Waals surface area contributed by atoms with Gasteiger partial charge in [0.15, 0.2) is 5.78 Å². The second-order valence-electron chi connectivity index (χ2n) is 5.04. The van der Waals surface area contributed by atoms with Crippen molar-refractivity contribution < 1.29 is 9.53 Å². The molecule has 1 fully saturated rings. The summed E-state index contributed by atoms with van der Waals surface area (Å²) in [4.78, 5) is 12.4. The van der Waals surface area contributed by atoms with E-state index in [0.717, 1.165) is 28.5 Å². The molecule has 0 saturated heterocycles. The number of carbonyl (C=O) groups excluding carboxylic acids is 1. The summed E-state index contributed by atoms with van der Waals surface area (Å²) in [6, 6.07) is 11.7. The quantitative estimate of drug-likeness (QED) is 0.765. The SMILES string of the molecule is COc1ccc(C(=O)C2CC2C)c2ccccc12. The number of ether oxygens (including phenoxy) is 1. The molecule has 0 radical (unpaired) electrons. The lowest BCUT2D eigenvalue weighted by atomic mass is 9.98. The summed E-state index contributed by atoms with van der Waals surface area (Å²) in [5.74, 6) is 1.87. The monoisotopic (exact) mass is 240 g/mol. The Kier molecular flexibility index (Phi) is 2.58. The zero-order valence-corrected chi connectivity index (χ0v) is 10.6. The van der Waals surface area contributed by atoms with Crippen molar-refractivity contribution in [1.29, 1.82) is 0 Å². The van der Waals surface area contributed by atoms with Crippen molar-refractivity contribution in [3.63, 3.8) is 0 Å². The summed E-state index contributed by atoms with van der Waals surface area (Å²) in [7, 11) is 1.66. The molecule has 0 spiro atoms. The third kappa shape index (κ3) is 1.69. The van der Waals surface area contributed by atoms with Crippen molar-refractivity contribution in [2.45, 2.75) is 13.3 Å². The number of hydrogen-bond acceptors (Lipinski definition) is 2. The van der Waals surface area contributed by atoms with Crippen LogP contribution >= 0.6 is 0 Å². The molecule has 3 rings (SSSR count). The molecular weight excluding hydrogens is 224 g/mol. The van der Waals surface area contributed by atoms with Crippen LogP contribution in [0.4, 0.5) is 0 Å². The predicted molar refractivity (Wildman–Crippen MR) is 72.1 cm³/mol. The van der Waals surface area contributed by atoms with Gasteiger partial charge in [0.05, 0.1) is 7.11 Å². The van der Waals surface area contributed by atoms with Gasteiger partial charge in [-0.2, -0.15) is 0 Å². The van der Waals surface area contributed by atoms with Gasteiger partial charge in [-0.15, -0.1) is 0 Å². The van der Waals surface area contributed by atoms with Gasteiger partial charge in [0, 0.05) is 16.9 Å². The van der Waals surface area contributed by atoms with Crippen LogP contribution in [0.3, 0.4) is 0 Å². The van der Waals surface area contributed by atoms with E-state index in [4.69, 9.17) is 4.74 Å². The van der Waals surface area contributed by atoms with E-state index < -0.39 is 0 Å². The first kappa shape index (κ1) is 11.3. The molecule has 1 aliphatic rings. The first-order valence-electron chi connectivity index (χ1n) is 6.32. The average molecular weight is 240 g/mol. The molecule has 1 saturated carbocycles. The van der Waals surface area contributed by atoms with Gasteiger partial charge >= 0.3 is 0 Å². The summed E-state index contributed by atoms with van der Waals surface area (Å²) in [5.41, 5.74) is 0.834. The molecule has 2 atom stereocenters. The number of rotatable bonds is 3. The topological polar surface area (TPSA) is 26.3 Å². The Hall–Kier alpha value is -1.83. The molecule has 0 amide bonds. The number of benzene rings is 2. The van der Waals surface area contributed by atoms with Gasteiger partial charge in [0.1, 0.15) is 5.75 Å². The lowest BCUT2D eigenvalue weighted by molar-refractivity contribution is 0.0964. The molecule has 92 valence electrons. The number of carbonyl (C=O) groups is 1. The molecule has 18 heavy (non-hydrogen) atoms. The first-order valence-corrected chi connectivity index (χ1v) is 6.32. The number of Topliss-reactive ketones (excluding diaryl/α,β-unsaturated/α-hetero) is 1. The van der Waals surface area contributed by atoms with E-state index in [2.05, 4.69) is 6.92 Å². The van der Waals surface area contributed by atoms with Crippen molar-refractivity contribution in [2.75, 3.05) is 7.11 Å². The highest BCUT2D eigenvalue weighted by atomic mass is 16.5. The Morgan fingerprint density at radius 2 is 1.83 bits per heavy atom. The number of fused-ring (bicyclic) bond motifs is 1. The molecule has 2 unspecified atom stereocenters. The van der Waals surface area contributed by atoms with Crippen LogP contribution in [0.1, 0.15) is 23.7 Å². The molecule has 1 aliphatic carbocycles. The second kappa shape index (κ2) is 4.13. The molecule has 2 aromatic rings. The maximum Gasteiger partial charge on any atom is 0.166 e. The van der Waals surface area contributed by atoms with E-state index in [9.17, 15) is 4.79 Å². The third-order valence-electron chi connectivity index (χ3n) is 3.82. The molecule has 0 aromatic heterocycles. The maximum atomic E-state index is 12.4. The van der Waals surface area contributed by atoms with Crippen molar-refractivity contribution in [3.05, 3.63) is 42.0 Å². The molecular formula is C16H16O2. The van der Waals surface area contributed by atoms with Gasteiger partial charge in [-0.1, -0.05) is 31.2 Å². The fraction of sp³-hybridized carbons (Fsp3) is 0.312. The van der Waals surface area contributed by atoms with Crippen molar-refractivity contribution in [3.8, 4) is 5.75 Å². The number of ketones is 1. The van der Waals surface area contributed by atoms with Gasteiger partial charge in [0.2, 0.25) is 0 Å². The maximum absolute atomic E-state index is 12.4. The minimum atomic E-state index is 0.224. The Balaban J connectivity index is 2.16. The zero-order chi connectivity index (χ0) is 12.7. The Bertz CT molecular complexity index is 616. The summed E-state index contributed by atoms with van der Waals surface area (Å²) in [6.45, 7) is 2.13. The molecule has 2 heteroatoms. The van der Waals surface area contributed by atoms with Gasteiger partial charge in [0.25, 0.3) is 0 Å². The third-order valence-corrected chi connectivity index (χ3v) is 3.82. The first-order chi connectivity index (χ1) is 8.72. The molecule has 0 heterocycles. The van der Waals surface area contributed by atoms with Gasteiger partial charge in [-0.3, -0.25) is 4.79 Å². The van der Waals surface area contributed by atoms with Gasteiger partial charge < -0.3 is 4.74 Å². The largest absolute Gasteiger partial charge is 0.496 e. The fourth-order valence-electron chi connectivity index (χ4n) is 2.55. The predicted octanol–water partition coefficient (Wildman–Crippen LogP) is 3.69. The van der Waals surface area contributed by atoms with E-state index in [1.165, 1.54) is 0 Å². The lowest BCUT2D eigenvalue weighted by Gasteiger charge is -2.09. The van der Waals surface area contributed by atoms with Crippen LogP contribution in [0, 0.1) is 11.8 Å². The minimum Gasteiger partial charge on any atom is -0.496 e. The molecule has 0 bridgehead atoms. The van der Waals surface area contributed by atoms with Crippen LogP contribution in [0.5, 0.6) is 5.75 Å². The van der Waals surface area contributed by atoms with Crippen LogP contribution < -0.4 is 4.74 Å². The number of methoxy groups -OCH3 is 1. The number of hydrogen-bond donors (Lipinski definition) is 0. The highest BCUT2D eigenvalue weighted by molar-refractivity contribution is 6.11. The Morgan fingerprint density at radius 3 is 2.44 bits per heavy atom. The molecule has 0 N–H and O–H groups in total. The Morgan fingerprint density at radius 1 is 1.17 bits per heavy atom. The highest BCUT2D eigenvalue weighted by Crippen LogP contribution is 2.42. The van der Waals surface area contributed by atoms with E-state index >= 15 is 0 Å². The van der Waals surface area contributed by atoms with Gasteiger partial charge in [-0.05, 0) is 29.9 Å². The van der Waals surface area contributed by atoms with E-state index in [1.54, 1.807) is 7.11 Å². The summed E-state index contributed by atoms with van der Waals surface area (Å²) in [6.07, 6.45) is 1.03. The molecule has 2 nitrogen and oxygen atoms in total. The van der Waals surface area contributed by atoms with Crippen LogP contribution in [-0.2, 0) is 0 Å². The van der Waals surface area contributed by atoms with Crippen LogP contribution in [0.25, 0.3) is 10.8 Å². The summed E-state index contributed by atoms with van der Waals surface area (Å²) < 4.78 is 5.35. The highest BCUT2D eigenvalue weighted by Gasteiger charge is 2.39. The molecule has 2 aromatic carbocycles. The fourth-order valence-corrected chi connectivity index (χ4v) is 2.55. The zero-order valence-electron chi connectivity index (χ0n) is 10.6. The smallest absolute Gasteiger partial charge is 0.166 e. The van der Waals surface area contributed by atoms with Crippen molar-refractivity contribution in [1.82, 2.24) is 0 Å². The summed E-state index contributed by atoms with van der Waals surface area (Å²) in [5, 5.41) is 2.01. The second-order valence-corrected chi connectivity index (χ2v) is 5.04. The van der Waals surface area contributed by atoms with Crippen LogP contribution in [-0.4, -0.2) is 12.9 Å². The Labute approximate surface area is 107 Å². The van der Waals surface area contributed by atoms with Crippen LogP contribution in [0.15, 0.2) is 36.4 Å². The standard InChI is InChI=1S/C16H16O2/c1-10-9-14(10)16(17)13-7-8-15(18-2)12-6-4-3-5-11(12)13/h3-8,10,14H,9H2,1-2H3. The van der Waals surface area contributed by atoms with Crippen LogP contribution in [0.2, 0.25) is 0 Å². The van der Waals surface area contributed by atoms with Gasteiger partial charge in [-0.25, -0.2) is 0 Å². The summed E-state index contributed by atoms with van der Waals surface area (Å²) >= 11 is 0. The lowest BCUT2D eigenvalue weighted by Crippen LogP contribution is -2.04. The van der Waals surface area contributed by atoms with E-state index in [1.807, 2.05) is 36.4 Å². The van der Waals surface area contributed by atoms with Crippen molar-refractivity contribution >= 4 is 16.6 Å². The van der Waals surface area contributed by atoms with Crippen molar-refractivity contribution in [2.24, 2.45) is 11.8 Å². The average Bonchev–Trinajstić information content (AvgIpc) is 3.14. The molecule has 0 aliphatic heterocycles. The normalized spacial score (nSPS) is 21.9. The van der Waals surface area contributed by atoms with E-state index in [0.29, 0.717) is 5.92 Å². The minimum absolute atomic E-state index is 0.224. The van der Waals surface area contributed by atoms with E-state index in [-0.39, 0.29) is 11.7 Å².